The molecule has 1 aromatic rings. The van der Waals surface area contributed by atoms with Gasteiger partial charge in [-0.2, -0.15) is 0 Å². The molecule has 0 atom stereocenters. The van der Waals surface area contributed by atoms with Crippen molar-refractivity contribution in [2.24, 2.45) is 0 Å². The minimum absolute atomic E-state index is 0.0710. The normalized spacial score (nSPS) is 13.7. The van der Waals surface area contributed by atoms with E-state index in [1.165, 1.54) is 14.2 Å². The third-order valence-corrected chi connectivity index (χ3v) is 3.68. The highest BCUT2D eigenvalue weighted by Crippen LogP contribution is 2.47. The Morgan fingerprint density at radius 3 is 2.00 bits per heavy atom. The van der Waals surface area contributed by atoms with E-state index in [9.17, 15) is 20.2 Å². The third-order valence-electron chi connectivity index (χ3n) is 3.68. The standard InChI is InChI=1S/C14H16N2O6/c1-21-13-9-5-3-4-6-10(9)14(22-2)12(16(19)20)11(13)7-8-15(17)18/h7-8H,3-6H2,1-2H3/b8-7+. The van der Waals surface area contributed by atoms with Crippen LogP contribution < -0.4 is 9.47 Å². The maximum Gasteiger partial charge on any atom is 0.322 e. The number of nitrogens with zero attached hydrogens (tertiary/aromatic N) is 2. The van der Waals surface area contributed by atoms with Crippen LogP contribution in [0.15, 0.2) is 6.20 Å². The Balaban J connectivity index is 2.83. The van der Waals surface area contributed by atoms with Gasteiger partial charge in [0.1, 0.15) is 11.3 Å². The molecule has 8 nitrogen and oxygen atoms in total. The number of hydrogen-bond acceptors (Lipinski definition) is 6. The minimum Gasteiger partial charge on any atom is -0.496 e. The van der Waals surface area contributed by atoms with Crippen LogP contribution in [0.25, 0.3) is 6.08 Å². The summed E-state index contributed by atoms with van der Waals surface area (Å²) < 4.78 is 10.6. The Kier molecular flexibility index (Phi) is 4.59. The van der Waals surface area contributed by atoms with Crippen molar-refractivity contribution in [3.05, 3.63) is 43.1 Å². The number of benzene rings is 1. The van der Waals surface area contributed by atoms with Crippen LogP contribution in [0.1, 0.15) is 29.5 Å². The maximum absolute atomic E-state index is 11.5. The fourth-order valence-corrected chi connectivity index (χ4v) is 2.87. The molecule has 0 unspecified atom stereocenters. The zero-order chi connectivity index (χ0) is 16.3. The first-order valence-electron chi connectivity index (χ1n) is 6.77. The lowest BCUT2D eigenvalue weighted by Gasteiger charge is -2.23. The van der Waals surface area contributed by atoms with E-state index in [0.717, 1.165) is 30.0 Å². The Labute approximate surface area is 126 Å². The summed E-state index contributed by atoms with van der Waals surface area (Å²) >= 11 is 0. The highest BCUT2D eigenvalue weighted by atomic mass is 16.6. The molecule has 0 saturated heterocycles. The second-order valence-electron chi connectivity index (χ2n) is 4.85. The van der Waals surface area contributed by atoms with E-state index in [2.05, 4.69) is 0 Å². The van der Waals surface area contributed by atoms with E-state index in [4.69, 9.17) is 9.47 Å². The van der Waals surface area contributed by atoms with Crippen molar-refractivity contribution < 1.29 is 19.3 Å². The van der Waals surface area contributed by atoms with Gasteiger partial charge in [0.15, 0.2) is 0 Å². The summed E-state index contributed by atoms with van der Waals surface area (Å²) in [5.74, 6) is 0.490. The molecule has 0 aliphatic heterocycles. The first-order chi connectivity index (χ1) is 10.5. The molecule has 0 radical (unpaired) electrons. The predicted octanol–water partition coefficient (Wildman–Crippen LogP) is 2.74. The van der Waals surface area contributed by atoms with Gasteiger partial charge in [-0.3, -0.25) is 20.2 Å². The van der Waals surface area contributed by atoms with Gasteiger partial charge in [0.25, 0.3) is 0 Å². The SMILES string of the molecule is COc1c(/C=C/[N+](=O)[O-])c([N+](=O)[O-])c(OC)c2c1CCCC2. The van der Waals surface area contributed by atoms with Gasteiger partial charge >= 0.3 is 5.69 Å². The van der Waals surface area contributed by atoms with Crippen LogP contribution in [-0.2, 0) is 12.8 Å². The number of rotatable bonds is 5. The summed E-state index contributed by atoms with van der Waals surface area (Å²) in [6, 6.07) is 0. The van der Waals surface area contributed by atoms with Crippen LogP contribution in [0, 0.1) is 20.2 Å². The number of methoxy groups -OCH3 is 2. The summed E-state index contributed by atoms with van der Waals surface area (Å²) in [6.45, 7) is 0. The van der Waals surface area contributed by atoms with E-state index >= 15 is 0 Å². The Morgan fingerprint density at radius 2 is 1.55 bits per heavy atom. The van der Waals surface area contributed by atoms with Crippen LogP contribution in [0.2, 0.25) is 0 Å². The first kappa shape index (κ1) is 15.7. The van der Waals surface area contributed by atoms with Crippen LogP contribution in [-0.4, -0.2) is 24.1 Å². The highest BCUT2D eigenvalue weighted by molar-refractivity contribution is 5.76. The molecule has 22 heavy (non-hydrogen) atoms. The van der Waals surface area contributed by atoms with Crippen molar-refractivity contribution in [3.8, 4) is 11.5 Å². The van der Waals surface area contributed by atoms with E-state index in [1.54, 1.807) is 0 Å². The topological polar surface area (TPSA) is 105 Å². The number of nitro benzene ring substituents is 1. The molecule has 0 saturated carbocycles. The summed E-state index contributed by atoms with van der Waals surface area (Å²) in [6.07, 6.45) is 4.96. The Morgan fingerprint density at radius 1 is 1.00 bits per heavy atom. The molecule has 0 aromatic heterocycles. The van der Waals surface area contributed by atoms with Gasteiger partial charge in [0.05, 0.1) is 24.1 Å². The van der Waals surface area contributed by atoms with Gasteiger partial charge in [-0.1, -0.05) is 0 Å². The molecule has 1 aliphatic rings. The second-order valence-corrected chi connectivity index (χ2v) is 4.85. The quantitative estimate of drug-likeness (QED) is 0.611. The summed E-state index contributed by atoms with van der Waals surface area (Å²) in [4.78, 5) is 20.8. The molecule has 0 heterocycles. The molecule has 0 fully saturated rings. The van der Waals surface area contributed by atoms with Crippen LogP contribution in [0.4, 0.5) is 5.69 Å². The average molecular weight is 308 g/mol. The lowest BCUT2D eigenvalue weighted by Crippen LogP contribution is -2.11. The minimum atomic E-state index is -0.672. The summed E-state index contributed by atoms with van der Waals surface area (Å²) in [5, 5.41) is 22.0. The van der Waals surface area contributed by atoms with Gasteiger partial charge in [-0.05, 0) is 25.7 Å². The maximum atomic E-state index is 11.5. The molecular formula is C14H16N2O6. The molecule has 0 bridgehead atoms. The Hall–Kier alpha value is -2.64. The first-order valence-corrected chi connectivity index (χ1v) is 6.77. The van der Waals surface area contributed by atoms with Crippen LogP contribution in [0.3, 0.4) is 0 Å². The molecular weight excluding hydrogens is 292 g/mol. The lowest BCUT2D eigenvalue weighted by atomic mass is 9.87. The van der Waals surface area contributed by atoms with Crippen molar-refractivity contribution in [3.63, 3.8) is 0 Å². The van der Waals surface area contributed by atoms with Crippen molar-refractivity contribution in [2.75, 3.05) is 14.2 Å². The second kappa shape index (κ2) is 6.42. The number of hydrogen-bond donors (Lipinski definition) is 0. The van der Waals surface area contributed by atoms with Crippen molar-refractivity contribution in [1.29, 1.82) is 0 Å². The van der Waals surface area contributed by atoms with Crippen LogP contribution in [0.5, 0.6) is 11.5 Å². The molecule has 2 rings (SSSR count). The number of fused-ring (bicyclic) bond motifs is 1. The van der Waals surface area contributed by atoms with Crippen molar-refractivity contribution in [2.45, 2.75) is 25.7 Å². The smallest absolute Gasteiger partial charge is 0.322 e. The molecule has 0 N–H and O–H groups in total. The molecule has 118 valence electrons. The number of ether oxygens (including phenoxy) is 2. The Bertz CT molecular complexity index is 653. The van der Waals surface area contributed by atoms with Crippen LogP contribution >= 0.6 is 0 Å². The van der Waals surface area contributed by atoms with E-state index in [0.29, 0.717) is 24.8 Å². The van der Waals surface area contributed by atoms with Gasteiger partial charge in [0.2, 0.25) is 11.9 Å². The molecule has 0 amide bonds. The van der Waals surface area contributed by atoms with Gasteiger partial charge in [-0.25, -0.2) is 0 Å². The van der Waals surface area contributed by atoms with Gasteiger partial charge in [0, 0.05) is 17.2 Å². The fourth-order valence-electron chi connectivity index (χ4n) is 2.87. The molecule has 1 aliphatic carbocycles. The predicted molar refractivity (Wildman–Crippen MR) is 78.9 cm³/mol. The highest BCUT2D eigenvalue weighted by Gasteiger charge is 2.32. The summed E-state index contributed by atoms with van der Waals surface area (Å²) in [5.41, 5.74) is 1.37. The third kappa shape index (κ3) is 2.72. The van der Waals surface area contributed by atoms with Crippen molar-refractivity contribution >= 4 is 11.8 Å². The van der Waals surface area contributed by atoms with E-state index < -0.39 is 9.85 Å². The van der Waals surface area contributed by atoms with E-state index in [1.807, 2.05) is 0 Å². The number of nitro groups is 2. The fraction of sp³-hybridized carbons (Fsp3) is 0.429. The largest absolute Gasteiger partial charge is 0.496 e. The molecule has 8 heteroatoms. The molecule has 1 aromatic carbocycles. The molecule has 0 spiro atoms. The summed E-state index contributed by atoms with van der Waals surface area (Å²) in [7, 11) is 2.77. The zero-order valence-corrected chi connectivity index (χ0v) is 12.3. The van der Waals surface area contributed by atoms with E-state index in [-0.39, 0.29) is 17.0 Å². The lowest BCUT2D eigenvalue weighted by molar-refractivity contribution is -0.401. The van der Waals surface area contributed by atoms with Gasteiger partial charge in [-0.15, -0.1) is 0 Å². The average Bonchev–Trinajstić information content (AvgIpc) is 2.50. The van der Waals surface area contributed by atoms with Crippen molar-refractivity contribution in [1.82, 2.24) is 0 Å². The van der Waals surface area contributed by atoms with Gasteiger partial charge < -0.3 is 9.47 Å². The monoisotopic (exact) mass is 308 g/mol. The zero-order valence-electron chi connectivity index (χ0n) is 12.3.